The fourth-order valence-corrected chi connectivity index (χ4v) is 0.772. The van der Waals surface area contributed by atoms with Gasteiger partial charge in [-0.05, 0) is 20.8 Å². The number of nitrogens with one attached hydrogen (secondary N) is 1. The first-order valence-corrected chi connectivity index (χ1v) is 4.84. The molecule has 0 saturated carbocycles. The van der Waals surface area contributed by atoms with Crippen LogP contribution in [-0.2, 0) is 9.53 Å². The molecule has 0 spiro atoms. The van der Waals surface area contributed by atoms with E-state index < -0.39 is 17.6 Å². The number of rotatable bonds is 5. The molecule has 0 aliphatic carbocycles. The van der Waals surface area contributed by atoms with Crippen molar-refractivity contribution < 1.29 is 22.7 Å². The van der Waals surface area contributed by atoms with Gasteiger partial charge in [0.05, 0.1) is 12.7 Å². The average Bonchev–Trinajstić information content (AvgIpc) is 2.09. The number of ether oxygens (including phenoxy) is 1. The lowest BCUT2D eigenvalue weighted by atomic mass is 10.0. The highest BCUT2D eigenvalue weighted by atomic mass is 19.4. The Balaban J connectivity index is 4.07. The number of hydrogen-bond acceptors (Lipinski definition) is 3. The second-order valence-electron chi connectivity index (χ2n) is 3.88. The average molecular weight is 242 g/mol. The van der Waals surface area contributed by atoms with Gasteiger partial charge in [-0.15, -0.1) is 0 Å². The SMILES string of the molecule is CC(C)OCCNC(=O)C(C)(N)C(F)(F)F. The van der Waals surface area contributed by atoms with E-state index in [1.54, 1.807) is 13.8 Å². The Labute approximate surface area is 92.3 Å². The highest BCUT2D eigenvalue weighted by Crippen LogP contribution is 2.27. The highest BCUT2D eigenvalue weighted by Gasteiger charge is 2.53. The summed E-state index contributed by atoms with van der Waals surface area (Å²) in [6, 6.07) is 0. The monoisotopic (exact) mass is 242 g/mol. The number of hydrogen-bond donors (Lipinski definition) is 2. The van der Waals surface area contributed by atoms with Gasteiger partial charge in [-0.3, -0.25) is 4.79 Å². The molecule has 16 heavy (non-hydrogen) atoms. The van der Waals surface area contributed by atoms with E-state index in [2.05, 4.69) is 5.32 Å². The van der Waals surface area contributed by atoms with Gasteiger partial charge < -0.3 is 15.8 Å². The third kappa shape index (κ3) is 4.36. The van der Waals surface area contributed by atoms with Gasteiger partial charge in [-0.1, -0.05) is 0 Å². The minimum absolute atomic E-state index is 0.000116. The standard InChI is InChI=1S/C9H17F3N2O2/c1-6(2)16-5-4-14-7(15)8(3,13)9(10,11)12/h6H,4-5,13H2,1-3H3,(H,14,15). The van der Waals surface area contributed by atoms with E-state index in [1.165, 1.54) is 0 Å². The minimum atomic E-state index is -4.77. The Hall–Kier alpha value is -0.820. The molecule has 1 atom stereocenters. The summed E-state index contributed by atoms with van der Waals surface area (Å²) >= 11 is 0. The van der Waals surface area contributed by atoms with Crippen LogP contribution in [0.15, 0.2) is 0 Å². The minimum Gasteiger partial charge on any atom is -0.377 e. The van der Waals surface area contributed by atoms with Gasteiger partial charge in [0.2, 0.25) is 5.91 Å². The van der Waals surface area contributed by atoms with Crippen molar-refractivity contribution in [1.29, 1.82) is 0 Å². The maximum atomic E-state index is 12.3. The Morgan fingerprint density at radius 1 is 1.44 bits per heavy atom. The quantitative estimate of drug-likeness (QED) is 0.701. The van der Waals surface area contributed by atoms with E-state index in [0.29, 0.717) is 6.92 Å². The van der Waals surface area contributed by atoms with Crippen LogP contribution in [0.2, 0.25) is 0 Å². The van der Waals surface area contributed by atoms with Crippen molar-refractivity contribution >= 4 is 5.91 Å². The van der Waals surface area contributed by atoms with Crippen molar-refractivity contribution in [2.45, 2.75) is 38.6 Å². The molecule has 0 aromatic heterocycles. The molecule has 96 valence electrons. The number of alkyl halides is 3. The summed E-state index contributed by atoms with van der Waals surface area (Å²) in [6.45, 7) is 4.35. The summed E-state index contributed by atoms with van der Waals surface area (Å²) in [6.07, 6.45) is -4.81. The highest BCUT2D eigenvalue weighted by molar-refractivity contribution is 5.86. The van der Waals surface area contributed by atoms with Gasteiger partial charge in [0.15, 0.2) is 5.54 Å². The molecule has 1 unspecified atom stereocenters. The van der Waals surface area contributed by atoms with Crippen molar-refractivity contribution in [2.24, 2.45) is 5.73 Å². The largest absolute Gasteiger partial charge is 0.415 e. The Morgan fingerprint density at radius 2 is 1.94 bits per heavy atom. The van der Waals surface area contributed by atoms with Crippen LogP contribution in [0.4, 0.5) is 13.2 Å². The zero-order chi connectivity index (χ0) is 13.0. The summed E-state index contributed by atoms with van der Waals surface area (Å²) < 4.78 is 42.0. The topological polar surface area (TPSA) is 64.3 Å². The van der Waals surface area contributed by atoms with Crippen molar-refractivity contribution in [2.75, 3.05) is 13.2 Å². The summed E-state index contributed by atoms with van der Waals surface area (Å²) in [5.74, 6) is -1.26. The maximum absolute atomic E-state index is 12.3. The molecule has 0 fully saturated rings. The molecule has 0 aromatic rings. The number of carbonyl (C=O) groups excluding carboxylic acids is 1. The predicted octanol–water partition coefficient (Wildman–Crippen LogP) is 0.807. The lowest BCUT2D eigenvalue weighted by Crippen LogP contribution is -2.61. The first-order chi connectivity index (χ1) is 7.09. The van der Waals surface area contributed by atoms with Gasteiger partial charge in [-0.25, -0.2) is 0 Å². The molecule has 0 aliphatic heterocycles. The van der Waals surface area contributed by atoms with Crippen molar-refractivity contribution in [3.05, 3.63) is 0 Å². The Morgan fingerprint density at radius 3 is 2.31 bits per heavy atom. The number of halogens is 3. The number of amides is 1. The van der Waals surface area contributed by atoms with Crippen LogP contribution in [0.3, 0.4) is 0 Å². The summed E-state index contributed by atoms with van der Waals surface area (Å²) in [5, 5.41) is 2.08. The van der Waals surface area contributed by atoms with Crippen molar-refractivity contribution in [1.82, 2.24) is 5.32 Å². The second kappa shape index (κ2) is 5.49. The smallest absolute Gasteiger partial charge is 0.377 e. The Bertz CT molecular complexity index is 239. The summed E-state index contributed by atoms with van der Waals surface area (Å²) in [7, 11) is 0. The van der Waals surface area contributed by atoms with Crippen LogP contribution in [-0.4, -0.2) is 36.9 Å². The molecule has 0 radical (unpaired) electrons. The second-order valence-corrected chi connectivity index (χ2v) is 3.88. The molecular formula is C9H17F3N2O2. The third-order valence-electron chi connectivity index (χ3n) is 1.90. The van der Waals surface area contributed by atoms with Gasteiger partial charge in [0.1, 0.15) is 0 Å². The van der Waals surface area contributed by atoms with Gasteiger partial charge >= 0.3 is 6.18 Å². The fraction of sp³-hybridized carbons (Fsp3) is 0.889. The van der Waals surface area contributed by atoms with Crippen molar-refractivity contribution in [3.8, 4) is 0 Å². The van der Waals surface area contributed by atoms with Crippen LogP contribution in [0.25, 0.3) is 0 Å². The molecule has 0 bridgehead atoms. The molecule has 3 N–H and O–H groups in total. The maximum Gasteiger partial charge on any atom is 0.415 e. The van der Waals surface area contributed by atoms with Crippen LogP contribution < -0.4 is 11.1 Å². The van der Waals surface area contributed by atoms with Crippen LogP contribution in [0.1, 0.15) is 20.8 Å². The number of nitrogens with two attached hydrogens (primary N) is 1. The van der Waals surface area contributed by atoms with E-state index >= 15 is 0 Å². The lowest BCUT2D eigenvalue weighted by molar-refractivity contribution is -0.187. The van der Waals surface area contributed by atoms with Gasteiger partial charge in [0, 0.05) is 6.54 Å². The molecule has 7 heteroatoms. The van der Waals surface area contributed by atoms with E-state index in [1.807, 2.05) is 0 Å². The molecule has 0 heterocycles. The Kier molecular flexibility index (Phi) is 5.21. The molecular weight excluding hydrogens is 225 g/mol. The van der Waals surface area contributed by atoms with Crippen LogP contribution in [0, 0.1) is 0 Å². The normalized spacial score (nSPS) is 16.0. The van der Waals surface area contributed by atoms with E-state index in [9.17, 15) is 18.0 Å². The lowest BCUT2D eigenvalue weighted by Gasteiger charge is -2.26. The van der Waals surface area contributed by atoms with E-state index in [-0.39, 0.29) is 19.3 Å². The third-order valence-corrected chi connectivity index (χ3v) is 1.90. The van der Waals surface area contributed by atoms with Gasteiger partial charge in [-0.2, -0.15) is 13.2 Å². The zero-order valence-corrected chi connectivity index (χ0v) is 9.52. The van der Waals surface area contributed by atoms with E-state index in [0.717, 1.165) is 0 Å². The zero-order valence-electron chi connectivity index (χ0n) is 9.52. The molecule has 0 rings (SSSR count). The van der Waals surface area contributed by atoms with Crippen LogP contribution >= 0.6 is 0 Å². The molecule has 0 aromatic carbocycles. The molecule has 0 aliphatic rings. The molecule has 1 amide bonds. The summed E-state index contributed by atoms with van der Waals surface area (Å²) in [4.78, 5) is 11.1. The van der Waals surface area contributed by atoms with Crippen molar-refractivity contribution in [3.63, 3.8) is 0 Å². The predicted molar refractivity (Wildman–Crippen MR) is 52.7 cm³/mol. The van der Waals surface area contributed by atoms with E-state index in [4.69, 9.17) is 10.5 Å². The first kappa shape index (κ1) is 15.2. The molecule has 4 nitrogen and oxygen atoms in total. The molecule has 0 saturated heterocycles. The summed E-state index contributed by atoms with van der Waals surface area (Å²) in [5.41, 5.74) is 2.03. The van der Waals surface area contributed by atoms with Gasteiger partial charge in [0.25, 0.3) is 0 Å². The van der Waals surface area contributed by atoms with Crippen LogP contribution in [0.5, 0.6) is 0 Å². The first-order valence-electron chi connectivity index (χ1n) is 4.84. The fourth-order valence-electron chi connectivity index (χ4n) is 0.772. The number of carbonyl (C=O) groups is 1.